The van der Waals surface area contributed by atoms with Crippen LogP contribution in [-0.2, 0) is 5.41 Å². The van der Waals surface area contributed by atoms with Crippen LogP contribution in [0.5, 0.6) is 11.5 Å². The van der Waals surface area contributed by atoms with Gasteiger partial charge < -0.3 is 28.6 Å². The molecule has 0 radical (unpaired) electrons. The van der Waals surface area contributed by atoms with Gasteiger partial charge in [0.1, 0.15) is 11.3 Å². The molecule has 74 heavy (non-hydrogen) atoms. The number of fused-ring (bicyclic) bond motifs is 9. The zero-order valence-corrected chi connectivity index (χ0v) is 41.2. The van der Waals surface area contributed by atoms with Crippen molar-refractivity contribution in [3.8, 4) is 45.1 Å². The lowest BCUT2D eigenvalue weighted by atomic mass is 9.33. The summed E-state index contributed by atoms with van der Waals surface area (Å²) in [5, 5.41) is 1.07. The van der Waals surface area contributed by atoms with Crippen LogP contribution < -0.4 is 40.6 Å². The Morgan fingerprint density at radius 3 is 1.85 bits per heavy atom. The number of ether oxygens (including phenoxy) is 2. The van der Waals surface area contributed by atoms with E-state index in [1.54, 1.807) is 0 Å². The minimum absolute atomic E-state index is 0.147. The van der Waals surface area contributed by atoms with E-state index in [0.29, 0.717) is 0 Å². The van der Waals surface area contributed by atoms with Gasteiger partial charge in [-0.05, 0) is 165 Å². The van der Waals surface area contributed by atoms with E-state index in [2.05, 4.69) is 254 Å². The van der Waals surface area contributed by atoms with Crippen LogP contribution in [-0.4, -0.2) is 13.5 Å². The molecule has 0 bridgehead atoms. The van der Waals surface area contributed by atoms with Crippen molar-refractivity contribution < 1.29 is 13.9 Å². The maximum atomic E-state index is 6.79. The zero-order valence-electron chi connectivity index (χ0n) is 41.2. The number of aryl methyl sites for hydroxylation is 1. The molecule has 4 aliphatic rings. The van der Waals surface area contributed by atoms with Crippen molar-refractivity contribution in [2.45, 2.75) is 26.2 Å². The lowest BCUT2D eigenvalue weighted by Crippen LogP contribution is -2.61. The third-order valence-corrected chi connectivity index (χ3v) is 15.8. The van der Waals surface area contributed by atoms with Gasteiger partial charge in [0, 0.05) is 73.6 Å². The van der Waals surface area contributed by atoms with E-state index in [1.807, 2.05) is 6.07 Å². The summed E-state index contributed by atoms with van der Waals surface area (Å²) in [6, 6.07) is 81.8. The summed E-state index contributed by atoms with van der Waals surface area (Å²) in [7, 11) is 0. The molecule has 0 N–H and O–H groups in total. The van der Waals surface area contributed by atoms with E-state index >= 15 is 0 Å². The van der Waals surface area contributed by atoms with Gasteiger partial charge >= 0.3 is 0 Å². The minimum Gasteiger partial charge on any atom is -0.456 e. The first-order valence-corrected chi connectivity index (χ1v) is 25.5. The highest BCUT2D eigenvalue weighted by molar-refractivity contribution is 7.00. The van der Waals surface area contributed by atoms with Crippen LogP contribution in [0.2, 0.25) is 0 Å². The Balaban J connectivity index is 1.02. The van der Waals surface area contributed by atoms with Crippen molar-refractivity contribution in [3.63, 3.8) is 0 Å². The molecule has 0 spiro atoms. The zero-order chi connectivity index (χ0) is 49.2. The van der Waals surface area contributed by atoms with Crippen molar-refractivity contribution in [1.82, 2.24) is 0 Å². The molecule has 1 aliphatic carbocycles. The number of para-hydroxylation sites is 4. The number of rotatable bonds is 7. The highest BCUT2D eigenvalue weighted by Gasteiger charge is 2.45. The maximum Gasteiger partial charge on any atom is 0.252 e. The standard InChI is InChI=1S/C67H48BN3O3/c1-42-31-60-66-61(32-42)71(51-34-45(33-46(35-51)63-37-44-17-13-16-26-62(44)74-63)43-27-29-53-52-24-14-15-25-54(52)67(2,3)55(53)36-43)58-38-50(69(47-18-7-4-8-19-47)48-20-9-5-10-21-48)28-30-56(58)68(66)57-39-64-65(73-41-72-64)40-59(57)70(60)49-22-11-6-12-23-49/h4-40H,41H2,1-3H3. The monoisotopic (exact) mass is 953 g/mol. The maximum absolute atomic E-state index is 6.79. The largest absolute Gasteiger partial charge is 0.456 e. The smallest absolute Gasteiger partial charge is 0.252 e. The lowest BCUT2D eigenvalue weighted by molar-refractivity contribution is 0.174. The fourth-order valence-electron chi connectivity index (χ4n) is 12.4. The molecule has 7 heteroatoms. The minimum atomic E-state index is -0.166. The number of anilines is 9. The molecule has 3 aliphatic heterocycles. The van der Waals surface area contributed by atoms with Gasteiger partial charge in [-0.3, -0.25) is 0 Å². The Hall–Kier alpha value is -9.20. The van der Waals surface area contributed by atoms with Crippen molar-refractivity contribution in [2.75, 3.05) is 21.5 Å². The molecule has 10 aromatic carbocycles. The quantitative estimate of drug-likeness (QED) is 0.148. The molecule has 0 atom stereocenters. The predicted molar refractivity (Wildman–Crippen MR) is 304 cm³/mol. The number of furan rings is 1. The second-order valence-electron chi connectivity index (χ2n) is 20.5. The Labute approximate surface area is 431 Å². The van der Waals surface area contributed by atoms with E-state index in [1.165, 1.54) is 33.2 Å². The van der Waals surface area contributed by atoms with Crippen LogP contribution in [0.25, 0.3) is 44.5 Å². The van der Waals surface area contributed by atoms with Gasteiger partial charge in [-0.2, -0.15) is 0 Å². The summed E-state index contributed by atoms with van der Waals surface area (Å²) in [5.74, 6) is 2.33. The molecule has 0 saturated heterocycles. The molecular formula is C67H48BN3O3. The third kappa shape index (κ3) is 6.45. The van der Waals surface area contributed by atoms with E-state index in [4.69, 9.17) is 13.9 Å². The Morgan fingerprint density at radius 1 is 0.459 bits per heavy atom. The van der Waals surface area contributed by atoms with Gasteiger partial charge in [0.2, 0.25) is 6.79 Å². The van der Waals surface area contributed by atoms with Crippen LogP contribution in [0.15, 0.2) is 229 Å². The number of hydrogen-bond acceptors (Lipinski definition) is 6. The molecule has 1 aromatic heterocycles. The second-order valence-corrected chi connectivity index (χ2v) is 20.5. The molecule has 0 saturated carbocycles. The molecular weight excluding hydrogens is 906 g/mol. The highest BCUT2D eigenvalue weighted by atomic mass is 16.7. The van der Waals surface area contributed by atoms with Gasteiger partial charge in [-0.25, -0.2) is 0 Å². The fraction of sp³-hybridized carbons (Fsp3) is 0.0746. The van der Waals surface area contributed by atoms with Gasteiger partial charge in [-0.1, -0.05) is 129 Å². The van der Waals surface area contributed by atoms with Gasteiger partial charge in [0.25, 0.3) is 6.71 Å². The molecule has 0 unspecified atom stereocenters. The van der Waals surface area contributed by atoms with Crippen LogP contribution in [0.3, 0.4) is 0 Å². The number of nitrogens with zero attached hydrogens (tertiary/aromatic N) is 3. The fourth-order valence-corrected chi connectivity index (χ4v) is 12.4. The van der Waals surface area contributed by atoms with Crippen LogP contribution in [0.4, 0.5) is 51.2 Å². The molecule has 4 heterocycles. The molecule has 11 aromatic rings. The number of hydrogen-bond donors (Lipinski definition) is 0. The third-order valence-electron chi connectivity index (χ3n) is 15.8. The van der Waals surface area contributed by atoms with Crippen LogP contribution in [0, 0.1) is 6.92 Å². The van der Waals surface area contributed by atoms with E-state index in [9.17, 15) is 0 Å². The average Bonchev–Trinajstić information content (AvgIpc) is 4.22. The molecule has 352 valence electrons. The van der Waals surface area contributed by atoms with Gasteiger partial charge in [-0.15, -0.1) is 0 Å². The predicted octanol–water partition coefficient (Wildman–Crippen LogP) is 15.7. The van der Waals surface area contributed by atoms with Gasteiger partial charge in [0.05, 0.1) is 0 Å². The second kappa shape index (κ2) is 16.2. The van der Waals surface area contributed by atoms with Crippen LogP contribution in [0.1, 0.15) is 30.5 Å². The van der Waals surface area contributed by atoms with Crippen molar-refractivity contribution >= 4 is 85.3 Å². The average molecular weight is 954 g/mol. The Kier molecular flexibility index (Phi) is 9.28. The van der Waals surface area contributed by atoms with Crippen molar-refractivity contribution in [3.05, 3.63) is 241 Å². The Bertz CT molecular complexity index is 4000. The summed E-state index contributed by atoms with van der Waals surface area (Å²) in [4.78, 5) is 7.31. The SMILES string of the molecule is Cc1cc2c3c(c1)N(c1ccccc1)c1cc4c(cc1B3c1ccc(N(c3ccccc3)c3ccccc3)cc1N2c1cc(-c2ccc3c(c2)C(C)(C)c2ccccc2-3)cc(-c2cc3ccccc3o2)c1)OCO4. The first-order chi connectivity index (χ1) is 36.3. The summed E-state index contributed by atoms with van der Waals surface area (Å²) >= 11 is 0. The Morgan fingerprint density at radius 2 is 1.09 bits per heavy atom. The molecule has 15 rings (SSSR count). The number of benzene rings is 10. The van der Waals surface area contributed by atoms with Gasteiger partial charge in [0.15, 0.2) is 11.5 Å². The summed E-state index contributed by atoms with van der Waals surface area (Å²) in [5.41, 5.74) is 23.7. The highest BCUT2D eigenvalue weighted by Crippen LogP contribution is 2.52. The molecule has 0 amide bonds. The van der Waals surface area contributed by atoms with Crippen LogP contribution >= 0.6 is 0 Å². The van der Waals surface area contributed by atoms with E-state index in [0.717, 1.165) is 107 Å². The lowest BCUT2D eigenvalue weighted by Gasteiger charge is -2.44. The first kappa shape index (κ1) is 42.5. The first-order valence-electron chi connectivity index (χ1n) is 25.5. The van der Waals surface area contributed by atoms with E-state index < -0.39 is 0 Å². The topological polar surface area (TPSA) is 41.3 Å². The summed E-state index contributed by atoms with van der Waals surface area (Å²) in [6.45, 7) is 6.98. The van der Waals surface area contributed by atoms with Crippen molar-refractivity contribution in [2.24, 2.45) is 0 Å². The summed E-state index contributed by atoms with van der Waals surface area (Å²) < 4.78 is 19.1. The van der Waals surface area contributed by atoms with E-state index in [-0.39, 0.29) is 18.9 Å². The molecule has 6 nitrogen and oxygen atoms in total. The summed E-state index contributed by atoms with van der Waals surface area (Å²) in [6.07, 6.45) is 0. The molecule has 0 fully saturated rings. The normalized spacial score (nSPS) is 14.1. The van der Waals surface area contributed by atoms with Crippen molar-refractivity contribution in [1.29, 1.82) is 0 Å².